The van der Waals surface area contributed by atoms with Gasteiger partial charge in [0.15, 0.2) is 0 Å². The molecule has 0 bridgehead atoms. The third-order valence-corrected chi connectivity index (χ3v) is 16.2. The van der Waals surface area contributed by atoms with Crippen molar-refractivity contribution in [1.82, 2.24) is 0 Å². The van der Waals surface area contributed by atoms with Crippen LogP contribution in [0.15, 0.2) is 83.6 Å². The van der Waals surface area contributed by atoms with Crippen molar-refractivity contribution >= 4 is 104 Å². The summed E-state index contributed by atoms with van der Waals surface area (Å²) >= 11 is 8.30. The third kappa shape index (κ3) is 3.05. The molecule has 0 N–H and O–H groups in total. The van der Waals surface area contributed by atoms with E-state index < -0.39 is 0 Å². The summed E-state index contributed by atoms with van der Waals surface area (Å²) in [5.41, 5.74) is 0. The summed E-state index contributed by atoms with van der Waals surface area (Å²) in [6, 6.07) is 27.8. The van der Waals surface area contributed by atoms with E-state index >= 15 is 0 Å². The molecule has 0 aliphatic carbocycles. The second-order valence-electron chi connectivity index (χ2n) is 8.12. The molecule has 8 aromatic rings. The van der Waals surface area contributed by atoms with Gasteiger partial charge in [0.25, 0.3) is 0 Å². The van der Waals surface area contributed by atoms with Crippen molar-refractivity contribution in [2.24, 2.45) is 0 Å². The summed E-state index contributed by atoms with van der Waals surface area (Å²) in [5.74, 6) is 0. The number of benzene rings is 2. The van der Waals surface area contributed by atoms with Crippen LogP contribution in [0.4, 0.5) is 0 Å². The minimum atomic E-state index is 0.363. The van der Waals surface area contributed by atoms with Crippen LogP contribution >= 0.6 is 45.3 Å². The van der Waals surface area contributed by atoms with Gasteiger partial charge >= 0.3 is 226 Å². The molecule has 0 saturated carbocycles. The van der Waals surface area contributed by atoms with Gasteiger partial charge in [-0.3, -0.25) is 0 Å². The van der Waals surface area contributed by atoms with Crippen LogP contribution in [0.25, 0.3) is 68.2 Å². The molecule has 6 heterocycles. The zero-order chi connectivity index (χ0) is 22.2. The van der Waals surface area contributed by atoms with Gasteiger partial charge in [-0.15, -0.1) is 0 Å². The second kappa shape index (κ2) is 7.89. The molecule has 6 heteroatoms. The third-order valence-electron chi connectivity index (χ3n) is 6.19. The minimum absolute atomic E-state index is 0.363. The molecular weight excluding hydrogens is 622 g/mol. The maximum absolute atomic E-state index is 2.43. The Kier molecular flexibility index (Phi) is 4.75. The summed E-state index contributed by atoms with van der Waals surface area (Å²) in [4.78, 5) is 8.42. The average Bonchev–Trinajstić information content (AvgIpc) is 3.70. The Morgan fingerprint density at radius 2 is 0.912 bits per heavy atom. The van der Waals surface area contributed by atoms with Gasteiger partial charge in [0.05, 0.1) is 0 Å². The summed E-state index contributed by atoms with van der Waals surface area (Å²) in [6.45, 7) is 0. The van der Waals surface area contributed by atoms with Gasteiger partial charge in [-0.05, 0) is 0 Å². The van der Waals surface area contributed by atoms with Crippen LogP contribution in [-0.4, -0.2) is 29.0 Å². The van der Waals surface area contributed by atoms with Gasteiger partial charge in [0.2, 0.25) is 0 Å². The zero-order valence-electron chi connectivity index (χ0n) is 17.5. The first-order valence-corrected chi connectivity index (χ1v) is 17.6. The van der Waals surface area contributed by atoms with E-state index in [9.17, 15) is 0 Å². The molecule has 0 unspecified atom stereocenters. The predicted molar refractivity (Wildman–Crippen MR) is 157 cm³/mol. The van der Waals surface area contributed by atoms with Crippen molar-refractivity contribution in [1.29, 1.82) is 0 Å². The van der Waals surface area contributed by atoms with E-state index in [2.05, 4.69) is 83.6 Å². The van der Waals surface area contributed by atoms with Crippen molar-refractivity contribution in [2.75, 3.05) is 0 Å². The first-order valence-electron chi connectivity index (χ1n) is 10.8. The quantitative estimate of drug-likeness (QED) is 0.169. The fourth-order valence-electron chi connectivity index (χ4n) is 4.70. The number of rotatable bonds is 4. The second-order valence-corrected chi connectivity index (χ2v) is 16.6. The summed E-state index contributed by atoms with van der Waals surface area (Å²) in [6.07, 6.45) is 0. The van der Waals surface area contributed by atoms with E-state index in [-0.39, 0.29) is 0 Å². The summed E-state index contributed by atoms with van der Waals surface area (Å²) in [7, 11) is 0. The van der Waals surface area contributed by atoms with Gasteiger partial charge < -0.3 is 0 Å². The first-order chi connectivity index (χ1) is 16.8. The molecule has 8 rings (SSSR count). The van der Waals surface area contributed by atoms with Gasteiger partial charge in [-0.25, -0.2) is 0 Å². The molecule has 0 aliphatic heterocycles. The molecule has 6 aromatic heterocycles. The molecule has 0 radical (unpaired) electrons. The Balaban J connectivity index is 1.31. The fraction of sp³-hybridized carbons (Fsp3) is 0. The van der Waals surface area contributed by atoms with E-state index in [4.69, 9.17) is 0 Å². The van der Waals surface area contributed by atoms with Gasteiger partial charge in [0, 0.05) is 0 Å². The molecule has 0 spiro atoms. The molecule has 0 fully saturated rings. The molecule has 0 atom stereocenters. The Morgan fingerprint density at radius 3 is 1.35 bits per heavy atom. The number of thiophene rings is 4. The number of hydrogen-bond acceptors (Lipinski definition) is 4. The SMILES string of the molecule is c1csc(-c2ccc(-c3[se]c4ccc5c(-c6ccc(-c7cccs7)s6)[se]c6ccc3c4c65)s2)c1. The van der Waals surface area contributed by atoms with Crippen molar-refractivity contribution in [3.05, 3.63) is 83.6 Å². The van der Waals surface area contributed by atoms with Crippen LogP contribution in [0.1, 0.15) is 0 Å². The molecule has 0 amide bonds. The standard InChI is InChI=1S/C28H14S4Se2/c1-3-17(29-13-1)19-7-9-21(31-19)27-15-5-11-24-26-16(6-12-23(33-27)25(15)26)28(34-24)22-10-8-20(32-22)18-4-2-14-30-18/h1-14H. The zero-order valence-corrected chi connectivity index (χ0v) is 24.2. The van der Waals surface area contributed by atoms with Crippen molar-refractivity contribution in [3.63, 3.8) is 0 Å². The van der Waals surface area contributed by atoms with E-state index in [0.29, 0.717) is 29.0 Å². The van der Waals surface area contributed by atoms with E-state index in [1.165, 1.54) is 40.0 Å². The number of hydrogen-bond donors (Lipinski definition) is 0. The summed E-state index contributed by atoms with van der Waals surface area (Å²) < 4.78 is 6.26. The topological polar surface area (TPSA) is 0 Å². The molecule has 162 valence electrons. The monoisotopic (exact) mass is 638 g/mol. The van der Waals surface area contributed by atoms with Gasteiger partial charge in [-0.1, -0.05) is 0 Å². The molecule has 34 heavy (non-hydrogen) atoms. The van der Waals surface area contributed by atoms with Crippen LogP contribution in [0.3, 0.4) is 0 Å². The van der Waals surface area contributed by atoms with Crippen molar-refractivity contribution < 1.29 is 0 Å². The molecular formula is C28H14S4Se2. The fourth-order valence-corrected chi connectivity index (χ4v) is 13.9. The predicted octanol–water partition coefficient (Wildman–Crippen LogP) is 9.61. The Hall–Kier alpha value is -1.72. The maximum atomic E-state index is 2.43. The van der Waals surface area contributed by atoms with Gasteiger partial charge in [0.1, 0.15) is 0 Å². The normalized spacial score (nSPS) is 12.1. The van der Waals surface area contributed by atoms with Crippen molar-refractivity contribution in [3.8, 4) is 38.1 Å². The molecule has 0 nitrogen and oxygen atoms in total. The van der Waals surface area contributed by atoms with Crippen molar-refractivity contribution in [2.45, 2.75) is 0 Å². The van der Waals surface area contributed by atoms with Crippen LogP contribution < -0.4 is 0 Å². The average molecular weight is 637 g/mol. The first kappa shape index (κ1) is 20.5. The molecule has 0 saturated heterocycles. The Morgan fingerprint density at radius 1 is 0.441 bits per heavy atom. The Labute approximate surface area is 224 Å². The van der Waals surface area contributed by atoms with E-state index in [1.807, 2.05) is 45.3 Å². The van der Waals surface area contributed by atoms with Crippen LogP contribution in [0, 0.1) is 0 Å². The van der Waals surface area contributed by atoms with E-state index in [1.54, 1.807) is 28.2 Å². The Bertz CT molecular complexity index is 1760. The molecule has 2 aromatic carbocycles. The van der Waals surface area contributed by atoms with Gasteiger partial charge in [-0.2, -0.15) is 0 Å². The van der Waals surface area contributed by atoms with Crippen LogP contribution in [-0.2, 0) is 0 Å². The molecule has 0 aliphatic rings. The van der Waals surface area contributed by atoms with E-state index in [0.717, 1.165) is 0 Å². The van der Waals surface area contributed by atoms with Crippen LogP contribution in [0.2, 0.25) is 0 Å². The summed E-state index contributed by atoms with van der Waals surface area (Å²) in [5, 5.41) is 10.4. The van der Waals surface area contributed by atoms with Crippen LogP contribution in [0.5, 0.6) is 0 Å².